The molecule has 0 N–H and O–H groups in total. The summed E-state index contributed by atoms with van der Waals surface area (Å²) in [4.78, 5) is 0. The lowest BCUT2D eigenvalue weighted by atomic mass is 10.4. The van der Waals surface area contributed by atoms with Crippen LogP contribution in [0.25, 0.3) is 0 Å². The molecule has 0 aliphatic carbocycles. The smallest absolute Gasteiger partial charge is 0.121 e. The normalized spacial score (nSPS) is 14.5. The van der Waals surface area contributed by atoms with Gasteiger partial charge in [-0.2, -0.15) is 0 Å². The Morgan fingerprint density at radius 1 is 1.38 bits per heavy atom. The summed E-state index contributed by atoms with van der Waals surface area (Å²) in [5.41, 5.74) is 0. The van der Waals surface area contributed by atoms with Crippen LogP contribution in [0.4, 0.5) is 8.78 Å². The number of halogens is 2. The molecule has 0 saturated carbocycles. The molecule has 0 saturated heterocycles. The molecule has 0 nitrogen and oxygen atoms in total. The highest BCUT2D eigenvalue weighted by Crippen LogP contribution is 2.02. The maximum atomic E-state index is 11.9. The highest BCUT2D eigenvalue weighted by molar-refractivity contribution is 5.11. The van der Waals surface area contributed by atoms with Crippen LogP contribution in [-0.4, -0.2) is 0 Å². The summed E-state index contributed by atoms with van der Waals surface area (Å²) in [7, 11) is 0. The van der Waals surface area contributed by atoms with Crippen molar-refractivity contribution in [2.45, 2.75) is 13.8 Å². The first-order valence-electron chi connectivity index (χ1n) is 2.32. The maximum Gasteiger partial charge on any atom is 0.121 e. The van der Waals surface area contributed by atoms with Crippen LogP contribution in [-0.2, 0) is 0 Å². The van der Waals surface area contributed by atoms with Crippen LogP contribution in [0.2, 0.25) is 0 Å². The van der Waals surface area contributed by atoms with Gasteiger partial charge < -0.3 is 0 Å². The molecule has 0 amide bonds. The monoisotopic (exact) mass is 118 g/mol. The molecule has 46 valence electrons. The number of rotatable bonds is 1. The molecule has 0 aromatic rings. The first-order valence-corrected chi connectivity index (χ1v) is 2.32. The molecule has 2 heteroatoms. The van der Waals surface area contributed by atoms with Gasteiger partial charge in [0.25, 0.3) is 0 Å². The van der Waals surface area contributed by atoms with Gasteiger partial charge in [-0.25, -0.2) is 8.78 Å². The zero-order valence-corrected chi connectivity index (χ0v) is 4.91. The molecule has 0 bridgehead atoms. The molecular weight excluding hydrogens is 110 g/mol. The lowest BCUT2D eigenvalue weighted by molar-refractivity contribution is 0.614. The van der Waals surface area contributed by atoms with Gasteiger partial charge in [-0.1, -0.05) is 6.08 Å². The predicted octanol–water partition coefficient (Wildman–Crippen LogP) is 2.73. The first-order chi connectivity index (χ1) is 3.66. The van der Waals surface area contributed by atoms with Gasteiger partial charge in [-0.05, 0) is 13.8 Å². The number of hydrogen-bond acceptors (Lipinski definition) is 0. The lowest BCUT2D eigenvalue weighted by Gasteiger charge is -1.81. The minimum absolute atomic E-state index is 0.513. The fourth-order valence-electron chi connectivity index (χ4n) is 0.273. The molecule has 0 fully saturated rings. The van der Waals surface area contributed by atoms with Crippen molar-refractivity contribution in [1.82, 2.24) is 0 Å². The van der Waals surface area contributed by atoms with E-state index >= 15 is 0 Å². The lowest BCUT2D eigenvalue weighted by Crippen LogP contribution is -1.63. The van der Waals surface area contributed by atoms with Crippen molar-refractivity contribution in [3.8, 4) is 0 Å². The molecule has 0 aromatic carbocycles. The van der Waals surface area contributed by atoms with Gasteiger partial charge in [-0.15, -0.1) is 0 Å². The van der Waals surface area contributed by atoms with Gasteiger partial charge in [0.2, 0.25) is 0 Å². The van der Waals surface area contributed by atoms with E-state index in [9.17, 15) is 8.78 Å². The largest absolute Gasteiger partial charge is 0.212 e. The van der Waals surface area contributed by atoms with Crippen molar-refractivity contribution in [1.29, 1.82) is 0 Å². The Labute approximate surface area is 47.5 Å². The summed E-state index contributed by atoms with van der Waals surface area (Å²) >= 11 is 0. The summed E-state index contributed by atoms with van der Waals surface area (Å²) in [6.45, 7) is 2.71. The molecule has 0 unspecified atom stereocenters. The molecule has 0 spiro atoms. The van der Waals surface area contributed by atoms with Gasteiger partial charge in [0, 0.05) is 6.08 Å². The molecule has 0 radical (unpaired) electrons. The zero-order valence-electron chi connectivity index (χ0n) is 4.91. The van der Waals surface area contributed by atoms with Gasteiger partial charge in [-0.3, -0.25) is 0 Å². The second-order valence-corrected chi connectivity index (χ2v) is 1.40. The Morgan fingerprint density at radius 2 is 1.88 bits per heavy atom. The molecule has 0 atom stereocenters. The molecule has 0 aromatic heterocycles. The fraction of sp³-hybridized carbons (Fsp3) is 0.333. The first kappa shape index (κ1) is 7.34. The Bertz CT molecular complexity index is 118. The second-order valence-electron chi connectivity index (χ2n) is 1.40. The van der Waals surface area contributed by atoms with Crippen LogP contribution in [0.5, 0.6) is 0 Å². The van der Waals surface area contributed by atoms with Crippen molar-refractivity contribution in [3.05, 3.63) is 23.8 Å². The molecule has 0 heterocycles. The van der Waals surface area contributed by atoms with E-state index in [2.05, 4.69) is 0 Å². The van der Waals surface area contributed by atoms with Crippen LogP contribution in [0.3, 0.4) is 0 Å². The van der Waals surface area contributed by atoms with E-state index in [0.29, 0.717) is 0 Å². The number of hydrogen-bond donors (Lipinski definition) is 0. The molecule has 0 aliphatic heterocycles. The second kappa shape index (κ2) is 3.36. The van der Waals surface area contributed by atoms with Crippen LogP contribution < -0.4 is 0 Å². The van der Waals surface area contributed by atoms with Crippen molar-refractivity contribution < 1.29 is 8.78 Å². The highest BCUT2D eigenvalue weighted by Gasteiger charge is 1.85. The van der Waals surface area contributed by atoms with Crippen molar-refractivity contribution in [2.75, 3.05) is 0 Å². The summed E-state index contributed by atoms with van der Waals surface area (Å²) in [5.74, 6) is -1.05. The Hall–Kier alpha value is -0.660. The van der Waals surface area contributed by atoms with E-state index in [0.717, 1.165) is 6.08 Å². The Balaban J connectivity index is 3.89. The average molecular weight is 118 g/mol. The van der Waals surface area contributed by atoms with Crippen molar-refractivity contribution in [2.24, 2.45) is 0 Å². The topological polar surface area (TPSA) is 0 Å². The maximum absolute atomic E-state index is 11.9. The van der Waals surface area contributed by atoms with Crippen molar-refractivity contribution in [3.63, 3.8) is 0 Å². The van der Waals surface area contributed by atoms with E-state index in [1.165, 1.54) is 19.9 Å². The summed E-state index contributed by atoms with van der Waals surface area (Å²) < 4.78 is 23.6. The molecule has 0 aliphatic rings. The molecular formula is C6H8F2. The van der Waals surface area contributed by atoms with Crippen LogP contribution in [0.15, 0.2) is 23.8 Å². The third kappa shape index (κ3) is 3.53. The average Bonchev–Trinajstić information content (AvgIpc) is 1.65. The molecule has 8 heavy (non-hydrogen) atoms. The van der Waals surface area contributed by atoms with Gasteiger partial charge in [0.05, 0.1) is 5.83 Å². The fourth-order valence-corrected chi connectivity index (χ4v) is 0.273. The minimum atomic E-state index is -0.537. The summed E-state index contributed by atoms with van der Waals surface area (Å²) in [6, 6.07) is 0. The van der Waals surface area contributed by atoms with Crippen molar-refractivity contribution >= 4 is 0 Å². The zero-order chi connectivity index (χ0) is 6.57. The SMILES string of the molecule is CC=C(F)C=C(C)F. The quantitative estimate of drug-likeness (QED) is 0.464. The predicted molar refractivity (Wildman–Crippen MR) is 29.7 cm³/mol. The van der Waals surface area contributed by atoms with E-state index < -0.39 is 11.7 Å². The van der Waals surface area contributed by atoms with E-state index in [4.69, 9.17) is 0 Å². The van der Waals surface area contributed by atoms with Crippen LogP contribution in [0.1, 0.15) is 13.8 Å². The van der Waals surface area contributed by atoms with Gasteiger partial charge in [0.15, 0.2) is 0 Å². The third-order valence-corrected chi connectivity index (χ3v) is 0.613. The summed E-state index contributed by atoms with van der Waals surface area (Å²) in [6.07, 6.45) is 2.03. The molecule has 0 rings (SSSR count). The van der Waals surface area contributed by atoms with E-state index in [-0.39, 0.29) is 0 Å². The summed E-state index contributed by atoms with van der Waals surface area (Å²) in [5, 5.41) is 0. The Morgan fingerprint density at radius 3 is 2.00 bits per heavy atom. The standard InChI is InChI=1S/C6H8F2/c1-3-6(8)4-5(2)7/h3-4H,1-2H3. The van der Waals surface area contributed by atoms with Gasteiger partial charge in [0.1, 0.15) is 5.83 Å². The Kier molecular flexibility index (Phi) is 3.08. The highest BCUT2D eigenvalue weighted by atomic mass is 19.1. The number of allylic oxidation sites excluding steroid dienone is 4. The van der Waals surface area contributed by atoms with E-state index in [1.54, 1.807) is 0 Å². The van der Waals surface area contributed by atoms with Crippen LogP contribution in [0, 0.1) is 0 Å². The van der Waals surface area contributed by atoms with Crippen LogP contribution >= 0.6 is 0 Å². The third-order valence-electron chi connectivity index (χ3n) is 0.613. The van der Waals surface area contributed by atoms with E-state index in [1.807, 2.05) is 0 Å². The minimum Gasteiger partial charge on any atom is -0.212 e. The van der Waals surface area contributed by atoms with Gasteiger partial charge >= 0.3 is 0 Å².